The number of para-hydroxylation sites is 1. The van der Waals surface area contributed by atoms with E-state index < -0.39 is 0 Å². The maximum atomic E-state index is 12.4. The van der Waals surface area contributed by atoms with Crippen LogP contribution in [-0.2, 0) is 16.0 Å². The molecule has 0 bridgehead atoms. The lowest BCUT2D eigenvalue weighted by Gasteiger charge is -2.20. The van der Waals surface area contributed by atoms with Crippen LogP contribution < -0.4 is 10.1 Å². The third kappa shape index (κ3) is 5.60. The third-order valence-corrected chi connectivity index (χ3v) is 4.62. The van der Waals surface area contributed by atoms with Gasteiger partial charge < -0.3 is 19.9 Å². The number of rotatable bonds is 8. The fraction of sp³-hybridized carbons (Fsp3) is 0.304. The summed E-state index contributed by atoms with van der Waals surface area (Å²) in [6.07, 6.45) is 2.74. The first kappa shape index (κ1) is 20.5. The first-order valence-electron chi connectivity index (χ1n) is 9.79. The van der Waals surface area contributed by atoms with Crippen LogP contribution in [0.1, 0.15) is 26.3 Å². The normalized spacial score (nSPS) is 10.9. The van der Waals surface area contributed by atoms with Crippen molar-refractivity contribution in [1.29, 1.82) is 0 Å². The van der Waals surface area contributed by atoms with Gasteiger partial charge in [0.15, 0.2) is 0 Å². The van der Waals surface area contributed by atoms with E-state index in [2.05, 4.69) is 16.4 Å². The van der Waals surface area contributed by atoms with Crippen molar-refractivity contribution in [2.75, 3.05) is 18.4 Å². The highest BCUT2D eigenvalue weighted by Crippen LogP contribution is 2.19. The summed E-state index contributed by atoms with van der Waals surface area (Å²) < 4.78 is 5.60. The molecule has 0 radical (unpaired) electrons. The van der Waals surface area contributed by atoms with Crippen LogP contribution in [0.25, 0.3) is 10.9 Å². The number of H-pyrrole nitrogens is 1. The van der Waals surface area contributed by atoms with Crippen LogP contribution in [0.3, 0.4) is 0 Å². The van der Waals surface area contributed by atoms with Gasteiger partial charge in [0.1, 0.15) is 5.75 Å². The Labute approximate surface area is 170 Å². The molecule has 0 fully saturated rings. The van der Waals surface area contributed by atoms with Crippen LogP contribution >= 0.6 is 0 Å². The van der Waals surface area contributed by atoms with E-state index in [9.17, 15) is 9.59 Å². The zero-order valence-corrected chi connectivity index (χ0v) is 17.1. The Kier molecular flexibility index (Phi) is 6.54. The van der Waals surface area contributed by atoms with Gasteiger partial charge in [-0.05, 0) is 56.2 Å². The molecule has 0 aliphatic rings. The van der Waals surface area contributed by atoms with Gasteiger partial charge in [-0.3, -0.25) is 9.59 Å². The molecule has 0 aliphatic heterocycles. The molecule has 0 saturated carbocycles. The van der Waals surface area contributed by atoms with Gasteiger partial charge in [0.2, 0.25) is 11.8 Å². The second-order valence-electron chi connectivity index (χ2n) is 7.29. The number of carbonyl (C=O) groups excluding carboxylic acids is 2. The molecule has 6 heteroatoms. The van der Waals surface area contributed by atoms with E-state index in [4.69, 9.17) is 4.74 Å². The van der Waals surface area contributed by atoms with Crippen molar-refractivity contribution < 1.29 is 14.3 Å². The molecule has 1 heterocycles. The lowest BCUT2D eigenvalue weighted by atomic mass is 10.1. The molecule has 0 saturated heterocycles. The average Bonchev–Trinajstić information content (AvgIpc) is 3.09. The number of carbonyl (C=O) groups is 2. The monoisotopic (exact) mass is 393 g/mol. The van der Waals surface area contributed by atoms with E-state index in [-0.39, 0.29) is 24.5 Å². The summed E-state index contributed by atoms with van der Waals surface area (Å²) in [4.78, 5) is 29.2. The molecule has 3 aromatic rings. The number of ether oxygens (including phenoxy) is 1. The van der Waals surface area contributed by atoms with Crippen molar-refractivity contribution in [3.8, 4) is 5.75 Å². The molecule has 0 aliphatic carbocycles. The van der Waals surface area contributed by atoms with Crippen LogP contribution in [0.5, 0.6) is 5.75 Å². The van der Waals surface area contributed by atoms with Crippen molar-refractivity contribution in [2.24, 2.45) is 0 Å². The van der Waals surface area contributed by atoms with Crippen molar-refractivity contribution in [3.05, 3.63) is 60.3 Å². The van der Waals surface area contributed by atoms with Gasteiger partial charge in [-0.1, -0.05) is 18.2 Å². The largest absolute Gasteiger partial charge is 0.491 e. The van der Waals surface area contributed by atoms with Crippen LogP contribution in [0, 0.1) is 0 Å². The quantitative estimate of drug-likeness (QED) is 0.608. The fourth-order valence-electron chi connectivity index (χ4n) is 3.20. The van der Waals surface area contributed by atoms with Gasteiger partial charge in [-0.15, -0.1) is 0 Å². The van der Waals surface area contributed by atoms with E-state index >= 15 is 0 Å². The topological polar surface area (TPSA) is 74.4 Å². The van der Waals surface area contributed by atoms with Crippen molar-refractivity contribution >= 4 is 28.4 Å². The van der Waals surface area contributed by atoms with Gasteiger partial charge in [0.05, 0.1) is 12.6 Å². The number of hydrogen-bond acceptors (Lipinski definition) is 3. The lowest BCUT2D eigenvalue weighted by molar-refractivity contribution is -0.132. The van der Waals surface area contributed by atoms with Crippen LogP contribution in [0.4, 0.5) is 5.69 Å². The number of anilines is 1. The Morgan fingerprint density at radius 1 is 1.10 bits per heavy atom. The minimum atomic E-state index is -0.225. The standard InChI is InChI=1S/C23H27N3O3/c1-16(2)29-20-10-8-19(9-11-20)25-23(28)15-26(17(3)27)13-12-18-14-24-22-7-5-4-6-21(18)22/h4-11,14,16,24H,12-13,15H2,1-3H3,(H,25,28). The van der Waals surface area contributed by atoms with Crippen LogP contribution in [0.2, 0.25) is 0 Å². The summed E-state index contributed by atoms with van der Waals surface area (Å²) >= 11 is 0. The van der Waals surface area contributed by atoms with Gasteiger partial charge in [0.25, 0.3) is 0 Å². The zero-order chi connectivity index (χ0) is 20.8. The number of nitrogens with one attached hydrogen (secondary N) is 2. The van der Waals surface area contributed by atoms with E-state index in [1.807, 2.05) is 50.4 Å². The predicted molar refractivity (Wildman–Crippen MR) is 115 cm³/mol. The Morgan fingerprint density at radius 2 is 1.83 bits per heavy atom. The Hall–Kier alpha value is -3.28. The van der Waals surface area contributed by atoms with Gasteiger partial charge >= 0.3 is 0 Å². The maximum Gasteiger partial charge on any atom is 0.243 e. The van der Waals surface area contributed by atoms with Crippen molar-refractivity contribution in [1.82, 2.24) is 9.88 Å². The number of aromatic amines is 1. The highest BCUT2D eigenvalue weighted by Gasteiger charge is 2.15. The average molecular weight is 393 g/mol. The minimum Gasteiger partial charge on any atom is -0.491 e. The second-order valence-corrected chi connectivity index (χ2v) is 7.29. The summed E-state index contributed by atoms with van der Waals surface area (Å²) in [7, 11) is 0. The molecular formula is C23H27N3O3. The Morgan fingerprint density at radius 3 is 2.52 bits per heavy atom. The summed E-state index contributed by atoms with van der Waals surface area (Å²) in [5, 5.41) is 3.98. The molecule has 0 atom stereocenters. The van der Waals surface area contributed by atoms with E-state index in [0.717, 1.165) is 22.2 Å². The van der Waals surface area contributed by atoms with E-state index in [1.165, 1.54) is 6.92 Å². The number of hydrogen-bond donors (Lipinski definition) is 2. The molecule has 0 spiro atoms. The van der Waals surface area contributed by atoms with Crippen LogP contribution in [0.15, 0.2) is 54.7 Å². The summed E-state index contributed by atoms with van der Waals surface area (Å²) in [6, 6.07) is 15.3. The van der Waals surface area contributed by atoms with Crippen molar-refractivity contribution in [3.63, 3.8) is 0 Å². The van der Waals surface area contributed by atoms with E-state index in [1.54, 1.807) is 17.0 Å². The molecule has 29 heavy (non-hydrogen) atoms. The SMILES string of the molecule is CC(=O)N(CCc1c[nH]c2ccccc12)CC(=O)Nc1ccc(OC(C)C)cc1. The Balaban J connectivity index is 1.57. The van der Waals surface area contributed by atoms with Gasteiger partial charge in [-0.25, -0.2) is 0 Å². The molecule has 1 aromatic heterocycles. The molecule has 2 N–H and O–H groups in total. The van der Waals surface area contributed by atoms with Gasteiger partial charge in [0, 0.05) is 36.3 Å². The molecular weight excluding hydrogens is 366 g/mol. The number of nitrogens with zero attached hydrogens (tertiary/aromatic N) is 1. The zero-order valence-electron chi connectivity index (χ0n) is 17.1. The second kappa shape index (κ2) is 9.28. The summed E-state index contributed by atoms with van der Waals surface area (Å²) in [5.41, 5.74) is 2.87. The predicted octanol–water partition coefficient (Wildman–Crippen LogP) is 3.98. The maximum absolute atomic E-state index is 12.4. The number of benzene rings is 2. The Bertz CT molecular complexity index is 976. The number of fused-ring (bicyclic) bond motifs is 1. The van der Waals surface area contributed by atoms with E-state index in [0.29, 0.717) is 18.7 Å². The lowest BCUT2D eigenvalue weighted by Crippen LogP contribution is -2.37. The molecule has 152 valence electrons. The third-order valence-electron chi connectivity index (χ3n) is 4.62. The first-order chi connectivity index (χ1) is 13.9. The molecule has 3 rings (SSSR count). The highest BCUT2D eigenvalue weighted by atomic mass is 16.5. The van der Waals surface area contributed by atoms with Crippen LogP contribution in [-0.4, -0.2) is 40.9 Å². The van der Waals surface area contributed by atoms with Crippen molar-refractivity contribution in [2.45, 2.75) is 33.3 Å². The molecule has 2 amide bonds. The summed E-state index contributed by atoms with van der Waals surface area (Å²) in [6.45, 7) is 5.90. The smallest absolute Gasteiger partial charge is 0.243 e. The molecule has 6 nitrogen and oxygen atoms in total. The minimum absolute atomic E-state index is 0.0158. The molecule has 0 unspecified atom stereocenters. The first-order valence-corrected chi connectivity index (χ1v) is 9.79. The summed E-state index contributed by atoms with van der Waals surface area (Å²) in [5.74, 6) is 0.402. The molecule has 2 aromatic carbocycles. The fourth-order valence-corrected chi connectivity index (χ4v) is 3.20. The highest BCUT2D eigenvalue weighted by molar-refractivity contribution is 5.94. The van der Waals surface area contributed by atoms with Gasteiger partial charge in [-0.2, -0.15) is 0 Å². The number of amides is 2. The number of aromatic nitrogens is 1.